The van der Waals surface area contributed by atoms with Crippen LogP contribution in [-0.2, 0) is 0 Å². The van der Waals surface area contributed by atoms with Crippen LogP contribution >= 0.6 is 11.8 Å². The molecule has 1 heterocycles. The predicted molar refractivity (Wildman–Crippen MR) is 71.9 cm³/mol. The second kappa shape index (κ2) is 5.62. The van der Waals surface area contributed by atoms with Gasteiger partial charge in [0.2, 0.25) is 0 Å². The molecule has 0 fully saturated rings. The van der Waals surface area contributed by atoms with Crippen molar-refractivity contribution in [1.29, 1.82) is 0 Å². The first-order valence-electron chi connectivity index (χ1n) is 5.90. The lowest BCUT2D eigenvalue weighted by Crippen LogP contribution is -2.05. The minimum atomic E-state index is 0.373. The van der Waals surface area contributed by atoms with Crippen molar-refractivity contribution in [3.05, 3.63) is 5.69 Å². The zero-order valence-electron chi connectivity index (χ0n) is 10.9. The number of anilines is 1. The Bertz CT molecular complexity index is 342. The lowest BCUT2D eigenvalue weighted by atomic mass is 10.2. The highest BCUT2D eigenvalue weighted by Crippen LogP contribution is 2.30. The van der Waals surface area contributed by atoms with Gasteiger partial charge in [-0.05, 0) is 38.9 Å². The molecule has 0 aliphatic heterocycles. The summed E-state index contributed by atoms with van der Waals surface area (Å²) >= 11 is 1.83. The number of thioether (sulfide) groups is 1. The quantitative estimate of drug-likeness (QED) is 0.802. The molecule has 16 heavy (non-hydrogen) atoms. The third-order valence-corrected chi connectivity index (χ3v) is 3.63. The van der Waals surface area contributed by atoms with Gasteiger partial charge in [0.15, 0.2) is 0 Å². The summed E-state index contributed by atoms with van der Waals surface area (Å²) in [6.07, 6.45) is 1.21. The topological polar surface area (TPSA) is 43.8 Å². The molecule has 0 aliphatic carbocycles. The second-order valence-corrected chi connectivity index (χ2v) is 5.96. The summed E-state index contributed by atoms with van der Waals surface area (Å²) in [4.78, 5) is 0. The summed E-state index contributed by atoms with van der Waals surface area (Å²) in [6.45, 7) is 10.7. The largest absolute Gasteiger partial charge is 0.395 e. The van der Waals surface area contributed by atoms with Gasteiger partial charge in [-0.1, -0.05) is 13.8 Å². The molecule has 0 spiro atoms. The van der Waals surface area contributed by atoms with Crippen LogP contribution < -0.4 is 5.73 Å². The van der Waals surface area contributed by atoms with Crippen LogP contribution in [0.15, 0.2) is 5.03 Å². The van der Waals surface area contributed by atoms with E-state index in [9.17, 15) is 0 Å². The fourth-order valence-corrected chi connectivity index (χ4v) is 2.89. The first-order valence-corrected chi connectivity index (χ1v) is 6.89. The zero-order valence-corrected chi connectivity index (χ0v) is 11.8. The highest BCUT2D eigenvalue weighted by molar-refractivity contribution is 7.99. The average Bonchev–Trinajstić information content (AvgIpc) is 2.45. The molecule has 0 saturated heterocycles. The van der Waals surface area contributed by atoms with Crippen molar-refractivity contribution in [3.63, 3.8) is 0 Å². The molecule has 0 unspecified atom stereocenters. The number of hydrogen-bond donors (Lipinski definition) is 1. The van der Waals surface area contributed by atoms with Crippen LogP contribution in [-0.4, -0.2) is 15.5 Å². The Hall–Kier alpha value is -0.640. The molecular weight excluding hydrogens is 218 g/mol. The summed E-state index contributed by atoms with van der Waals surface area (Å²) in [5.74, 6) is 1.85. The number of aryl methyl sites for hydroxylation is 1. The Morgan fingerprint density at radius 3 is 2.44 bits per heavy atom. The van der Waals surface area contributed by atoms with E-state index in [1.54, 1.807) is 0 Å². The molecule has 1 aromatic rings. The van der Waals surface area contributed by atoms with E-state index in [1.165, 1.54) is 6.42 Å². The Balaban J connectivity index is 2.77. The summed E-state index contributed by atoms with van der Waals surface area (Å²) in [5.41, 5.74) is 7.85. The summed E-state index contributed by atoms with van der Waals surface area (Å²) in [5, 5.41) is 5.61. The predicted octanol–water partition coefficient (Wildman–Crippen LogP) is 3.49. The molecule has 3 nitrogen and oxygen atoms in total. The molecule has 4 heteroatoms. The fourth-order valence-electron chi connectivity index (χ4n) is 1.42. The third-order valence-electron chi connectivity index (χ3n) is 2.51. The van der Waals surface area contributed by atoms with Crippen molar-refractivity contribution in [3.8, 4) is 0 Å². The Morgan fingerprint density at radius 2 is 1.94 bits per heavy atom. The van der Waals surface area contributed by atoms with Gasteiger partial charge in [-0.25, -0.2) is 0 Å². The minimum Gasteiger partial charge on any atom is -0.395 e. The van der Waals surface area contributed by atoms with E-state index in [4.69, 9.17) is 5.73 Å². The maximum Gasteiger partial charge on any atom is 0.118 e. The fraction of sp³-hybridized carbons (Fsp3) is 0.750. The Morgan fingerprint density at radius 1 is 1.31 bits per heavy atom. The molecule has 0 atom stereocenters. The summed E-state index contributed by atoms with van der Waals surface area (Å²) in [6, 6.07) is 0.373. The number of nitrogens with two attached hydrogens (primary N) is 1. The lowest BCUT2D eigenvalue weighted by molar-refractivity contribution is 0.491. The molecule has 1 rings (SSSR count). The van der Waals surface area contributed by atoms with Gasteiger partial charge in [0.25, 0.3) is 0 Å². The third kappa shape index (κ3) is 3.17. The van der Waals surface area contributed by atoms with Gasteiger partial charge in [0.05, 0.1) is 11.4 Å². The number of rotatable bonds is 5. The number of hydrogen-bond acceptors (Lipinski definition) is 3. The van der Waals surface area contributed by atoms with E-state index >= 15 is 0 Å². The molecule has 0 amide bonds. The van der Waals surface area contributed by atoms with Crippen molar-refractivity contribution in [2.24, 2.45) is 5.92 Å². The molecule has 0 radical (unpaired) electrons. The van der Waals surface area contributed by atoms with Crippen LogP contribution in [0.3, 0.4) is 0 Å². The van der Waals surface area contributed by atoms with E-state index in [1.807, 2.05) is 23.4 Å². The van der Waals surface area contributed by atoms with Crippen LogP contribution in [0.5, 0.6) is 0 Å². The van der Waals surface area contributed by atoms with Crippen molar-refractivity contribution >= 4 is 17.4 Å². The molecule has 0 aliphatic rings. The Kier molecular flexibility index (Phi) is 4.71. The molecule has 92 valence electrons. The second-order valence-electron chi connectivity index (χ2n) is 4.87. The maximum absolute atomic E-state index is 6.05. The van der Waals surface area contributed by atoms with Gasteiger partial charge in [0, 0.05) is 6.04 Å². The monoisotopic (exact) mass is 241 g/mol. The molecular formula is C12H23N3S. The highest BCUT2D eigenvalue weighted by atomic mass is 32.2. The maximum atomic E-state index is 6.05. The van der Waals surface area contributed by atoms with Crippen LogP contribution in [0.2, 0.25) is 0 Å². The molecule has 2 N–H and O–H groups in total. The van der Waals surface area contributed by atoms with Gasteiger partial charge in [-0.15, -0.1) is 11.8 Å². The van der Waals surface area contributed by atoms with Crippen LogP contribution in [0.25, 0.3) is 0 Å². The first kappa shape index (κ1) is 13.4. The summed E-state index contributed by atoms with van der Waals surface area (Å²) < 4.78 is 2.04. The van der Waals surface area contributed by atoms with Gasteiger partial charge >= 0.3 is 0 Å². The van der Waals surface area contributed by atoms with Crippen molar-refractivity contribution in [2.75, 3.05) is 11.5 Å². The van der Waals surface area contributed by atoms with Crippen LogP contribution in [0.1, 0.15) is 45.9 Å². The lowest BCUT2D eigenvalue weighted by Gasteiger charge is -2.11. The number of aromatic nitrogens is 2. The van der Waals surface area contributed by atoms with Crippen LogP contribution in [0, 0.1) is 12.8 Å². The van der Waals surface area contributed by atoms with E-state index in [2.05, 4.69) is 32.8 Å². The van der Waals surface area contributed by atoms with Gasteiger partial charge in [0.1, 0.15) is 5.03 Å². The normalized spacial score (nSPS) is 11.7. The van der Waals surface area contributed by atoms with E-state index in [0.29, 0.717) is 6.04 Å². The van der Waals surface area contributed by atoms with E-state index < -0.39 is 0 Å². The van der Waals surface area contributed by atoms with E-state index in [-0.39, 0.29) is 0 Å². The standard InChI is InChI=1S/C12H23N3S/c1-8(2)6-7-16-12-11(13)10(5)14-15(12)9(3)4/h8-9H,6-7,13H2,1-5H3. The number of nitrogen functional groups attached to an aromatic ring is 1. The summed E-state index contributed by atoms with van der Waals surface area (Å²) in [7, 11) is 0. The number of nitrogens with zero attached hydrogens (tertiary/aromatic N) is 2. The smallest absolute Gasteiger partial charge is 0.118 e. The Labute approximate surface area is 103 Å². The van der Waals surface area contributed by atoms with Crippen molar-refractivity contribution in [1.82, 2.24) is 9.78 Å². The molecule has 0 bridgehead atoms. The minimum absolute atomic E-state index is 0.373. The van der Waals surface area contributed by atoms with Gasteiger partial charge in [-0.2, -0.15) is 5.10 Å². The van der Waals surface area contributed by atoms with Gasteiger partial charge < -0.3 is 5.73 Å². The average molecular weight is 241 g/mol. The first-order chi connectivity index (χ1) is 7.43. The SMILES string of the molecule is Cc1nn(C(C)C)c(SCCC(C)C)c1N. The van der Waals surface area contributed by atoms with Crippen LogP contribution in [0.4, 0.5) is 5.69 Å². The highest BCUT2D eigenvalue weighted by Gasteiger charge is 2.14. The molecule has 1 aromatic heterocycles. The zero-order chi connectivity index (χ0) is 12.3. The van der Waals surface area contributed by atoms with E-state index in [0.717, 1.165) is 28.1 Å². The van der Waals surface area contributed by atoms with Gasteiger partial charge in [-0.3, -0.25) is 4.68 Å². The van der Waals surface area contributed by atoms with Crippen molar-refractivity contribution in [2.45, 2.75) is 52.1 Å². The molecule has 0 aromatic carbocycles. The molecule has 0 saturated carbocycles. The van der Waals surface area contributed by atoms with Crippen molar-refractivity contribution < 1.29 is 0 Å².